The van der Waals surface area contributed by atoms with E-state index in [0.717, 1.165) is 35.5 Å². The maximum Gasteiger partial charge on any atom is 0.338 e. The third kappa shape index (κ3) is 4.73. The van der Waals surface area contributed by atoms with Crippen molar-refractivity contribution in [3.8, 4) is 11.5 Å². The molecule has 1 atom stereocenters. The summed E-state index contributed by atoms with van der Waals surface area (Å²) in [4.78, 5) is 12.6. The second kappa shape index (κ2) is 9.87. The summed E-state index contributed by atoms with van der Waals surface area (Å²) in [6, 6.07) is 13.6. The zero-order chi connectivity index (χ0) is 17.6. The van der Waals surface area contributed by atoms with Crippen LogP contribution in [0.15, 0.2) is 42.5 Å². The molecule has 134 valence electrons. The Bertz CT molecular complexity index is 742. The van der Waals surface area contributed by atoms with E-state index in [2.05, 4.69) is 13.8 Å². The van der Waals surface area contributed by atoms with Gasteiger partial charge >= 0.3 is 5.97 Å². The average Bonchev–Trinajstić information content (AvgIpc) is 2.65. The number of carbonyl (C=O) groups is 1. The molecule has 0 radical (unpaired) electrons. The van der Waals surface area contributed by atoms with Crippen molar-refractivity contribution in [1.29, 1.82) is 0 Å². The quantitative estimate of drug-likeness (QED) is 0.372. The molecule has 0 N–H and O–H groups in total. The summed E-state index contributed by atoms with van der Waals surface area (Å²) in [7, 11) is 0. The predicted octanol–water partition coefficient (Wildman–Crippen LogP) is 5.75. The van der Waals surface area contributed by atoms with E-state index < -0.39 is 0 Å². The molecular formula is C22H26O3Zn. The van der Waals surface area contributed by atoms with Crippen LogP contribution in [0.3, 0.4) is 0 Å². The molecule has 0 aliphatic carbocycles. The third-order valence-electron chi connectivity index (χ3n) is 4.91. The minimum absolute atomic E-state index is 0. The molecule has 0 spiro atoms. The number of para-hydroxylation sites is 1. The first-order valence-electron chi connectivity index (χ1n) is 9.27. The van der Waals surface area contributed by atoms with Gasteiger partial charge in [-0.1, -0.05) is 57.4 Å². The van der Waals surface area contributed by atoms with Gasteiger partial charge in [-0.3, -0.25) is 0 Å². The van der Waals surface area contributed by atoms with E-state index in [1.807, 2.05) is 42.5 Å². The number of ether oxygens (including phenoxy) is 2. The van der Waals surface area contributed by atoms with Crippen LogP contribution < -0.4 is 4.74 Å². The molecule has 0 fully saturated rings. The molecule has 1 unspecified atom stereocenters. The van der Waals surface area contributed by atoms with Gasteiger partial charge < -0.3 is 9.47 Å². The van der Waals surface area contributed by atoms with E-state index in [1.165, 1.54) is 12.8 Å². The van der Waals surface area contributed by atoms with Crippen LogP contribution in [0.1, 0.15) is 61.0 Å². The summed E-state index contributed by atoms with van der Waals surface area (Å²) in [6.45, 7) is 4.84. The van der Waals surface area contributed by atoms with Crippen LogP contribution in [-0.2, 0) is 30.6 Å². The predicted molar refractivity (Wildman–Crippen MR) is 99.4 cm³/mol. The molecule has 0 amide bonds. The summed E-state index contributed by atoms with van der Waals surface area (Å²) in [5.41, 5.74) is 2.65. The van der Waals surface area contributed by atoms with E-state index >= 15 is 0 Å². The largest absolute Gasteiger partial charge is 0.462 e. The average molecular weight is 404 g/mol. The number of unbranched alkanes of at least 4 members (excludes halogenated alkanes) is 1. The Kier molecular flexibility index (Phi) is 7.84. The second-order valence-electron chi connectivity index (χ2n) is 6.68. The van der Waals surface area contributed by atoms with E-state index in [4.69, 9.17) is 9.47 Å². The van der Waals surface area contributed by atoms with Gasteiger partial charge in [0.25, 0.3) is 0 Å². The molecule has 4 heteroatoms. The van der Waals surface area contributed by atoms with Gasteiger partial charge in [-0.25, -0.2) is 4.79 Å². The number of hydrogen-bond acceptors (Lipinski definition) is 3. The van der Waals surface area contributed by atoms with Crippen molar-refractivity contribution in [2.24, 2.45) is 5.92 Å². The molecule has 0 saturated heterocycles. The van der Waals surface area contributed by atoms with Gasteiger partial charge in [0.1, 0.15) is 11.5 Å². The van der Waals surface area contributed by atoms with Crippen molar-refractivity contribution in [3.05, 3.63) is 59.2 Å². The van der Waals surface area contributed by atoms with Crippen molar-refractivity contribution < 1.29 is 33.7 Å². The molecule has 0 bridgehead atoms. The second-order valence-corrected chi connectivity index (χ2v) is 6.68. The summed E-state index contributed by atoms with van der Waals surface area (Å²) in [5.74, 6) is 1.83. The maximum atomic E-state index is 12.6. The van der Waals surface area contributed by atoms with E-state index in [1.54, 1.807) is 0 Å². The van der Waals surface area contributed by atoms with Gasteiger partial charge in [-0.2, -0.15) is 0 Å². The Morgan fingerprint density at radius 2 is 1.88 bits per heavy atom. The standard InChI is InChI=1S/C22H26O3.Zn/c1-3-5-9-16(4-2)15-24-22(23)18-11-8-13-21-19(18)14-17-10-6-7-12-20(17)25-21;/h6-8,10-13,16H,3-5,9,14-15H2,1-2H3;. The van der Waals surface area contributed by atoms with Gasteiger partial charge in [0, 0.05) is 31.5 Å². The van der Waals surface area contributed by atoms with Gasteiger partial charge in [0.05, 0.1) is 12.2 Å². The van der Waals surface area contributed by atoms with Crippen LogP contribution in [0.5, 0.6) is 11.5 Å². The summed E-state index contributed by atoms with van der Waals surface area (Å²) >= 11 is 0. The topological polar surface area (TPSA) is 35.5 Å². The Morgan fingerprint density at radius 3 is 2.65 bits per heavy atom. The Balaban J connectivity index is 0.00000243. The zero-order valence-corrected chi connectivity index (χ0v) is 18.8. The van der Waals surface area contributed by atoms with E-state index in [-0.39, 0.29) is 25.4 Å². The Hall–Kier alpha value is -1.67. The van der Waals surface area contributed by atoms with E-state index in [9.17, 15) is 4.79 Å². The van der Waals surface area contributed by atoms with Crippen LogP contribution in [0.4, 0.5) is 0 Å². The van der Waals surface area contributed by atoms with Gasteiger partial charge in [-0.05, 0) is 36.1 Å². The van der Waals surface area contributed by atoms with Gasteiger partial charge in [0.2, 0.25) is 0 Å². The first-order valence-corrected chi connectivity index (χ1v) is 9.27. The van der Waals surface area contributed by atoms with Crippen LogP contribution in [0.2, 0.25) is 0 Å². The number of fused-ring (bicyclic) bond motifs is 2. The zero-order valence-electron chi connectivity index (χ0n) is 15.8. The fourth-order valence-electron chi connectivity index (χ4n) is 3.26. The Labute approximate surface area is 168 Å². The molecule has 2 aromatic rings. The van der Waals surface area contributed by atoms with Gasteiger partial charge in [-0.15, -0.1) is 0 Å². The normalized spacial score (nSPS) is 12.8. The Morgan fingerprint density at radius 1 is 1.12 bits per heavy atom. The number of rotatable bonds is 7. The van der Waals surface area contributed by atoms with Crippen LogP contribution in [0.25, 0.3) is 0 Å². The van der Waals surface area contributed by atoms with Crippen molar-refractivity contribution in [1.82, 2.24) is 0 Å². The van der Waals surface area contributed by atoms with Crippen LogP contribution >= 0.6 is 0 Å². The monoisotopic (exact) mass is 402 g/mol. The first-order chi connectivity index (χ1) is 12.2. The number of carbonyl (C=O) groups excluding carboxylic acids is 1. The van der Waals surface area contributed by atoms with E-state index in [0.29, 0.717) is 24.5 Å². The molecule has 26 heavy (non-hydrogen) atoms. The molecule has 1 aliphatic rings. The van der Waals surface area contributed by atoms with Crippen molar-refractivity contribution in [2.45, 2.75) is 46.0 Å². The molecule has 3 nitrogen and oxygen atoms in total. The number of esters is 1. The SMILES string of the molecule is CCCCC(CC)COC(=O)c1cccc2c1Cc1ccccc1O2.[Zn]. The summed E-state index contributed by atoms with van der Waals surface area (Å²) in [6.07, 6.45) is 5.21. The number of benzene rings is 2. The van der Waals surface area contributed by atoms with Crippen LogP contribution in [0, 0.1) is 5.92 Å². The summed E-state index contributed by atoms with van der Waals surface area (Å²) in [5, 5.41) is 0. The maximum absolute atomic E-state index is 12.6. The molecular weight excluding hydrogens is 378 g/mol. The molecule has 1 heterocycles. The fraction of sp³-hybridized carbons (Fsp3) is 0.409. The third-order valence-corrected chi connectivity index (χ3v) is 4.91. The smallest absolute Gasteiger partial charge is 0.338 e. The summed E-state index contributed by atoms with van der Waals surface area (Å²) < 4.78 is 11.6. The molecule has 0 aromatic heterocycles. The van der Waals surface area contributed by atoms with Crippen LogP contribution in [-0.4, -0.2) is 12.6 Å². The van der Waals surface area contributed by atoms with Crippen molar-refractivity contribution in [3.63, 3.8) is 0 Å². The van der Waals surface area contributed by atoms with Gasteiger partial charge in [0.15, 0.2) is 0 Å². The minimum Gasteiger partial charge on any atom is -0.462 e. The fourth-order valence-corrected chi connectivity index (χ4v) is 3.26. The molecule has 2 aromatic carbocycles. The van der Waals surface area contributed by atoms with Crippen molar-refractivity contribution in [2.75, 3.05) is 6.61 Å². The molecule has 1 aliphatic heterocycles. The minimum atomic E-state index is -0.241. The number of hydrogen-bond donors (Lipinski definition) is 0. The van der Waals surface area contributed by atoms with Crippen molar-refractivity contribution >= 4 is 5.97 Å². The molecule has 3 rings (SSSR count). The molecule has 0 saturated carbocycles. The first kappa shape index (κ1) is 20.6.